The summed E-state index contributed by atoms with van der Waals surface area (Å²) in [6, 6.07) is 15.0. The number of ether oxygens (including phenoxy) is 2. The number of aromatic amines is 1. The maximum absolute atomic E-state index is 12.3. The van der Waals surface area contributed by atoms with Crippen molar-refractivity contribution in [2.45, 2.75) is 19.8 Å². The van der Waals surface area contributed by atoms with Crippen LogP contribution < -0.4 is 10.1 Å². The standard InChI is InChI=1S/C21H22N2O4/c1-2-26-21(25)14-27-17-7-5-6-16(12-17)23-20(24)11-10-15-13-22-19-9-4-3-8-18(15)19/h3-9,12-13,22H,2,10-11,14H2,1H3,(H,23,24). The van der Waals surface area contributed by atoms with Gasteiger partial charge in [-0.15, -0.1) is 0 Å². The Morgan fingerprint density at radius 3 is 2.81 bits per heavy atom. The van der Waals surface area contributed by atoms with E-state index in [1.54, 1.807) is 31.2 Å². The van der Waals surface area contributed by atoms with Crippen LogP contribution in [0.4, 0.5) is 5.69 Å². The van der Waals surface area contributed by atoms with Crippen LogP contribution in [-0.2, 0) is 20.7 Å². The number of esters is 1. The Bertz CT molecular complexity index is 933. The van der Waals surface area contributed by atoms with Gasteiger partial charge in [0.05, 0.1) is 6.61 Å². The topological polar surface area (TPSA) is 80.4 Å². The number of para-hydroxylation sites is 1. The molecule has 2 aromatic carbocycles. The quantitative estimate of drug-likeness (QED) is 0.596. The normalized spacial score (nSPS) is 10.6. The van der Waals surface area contributed by atoms with Gasteiger partial charge in [0, 0.05) is 35.3 Å². The minimum Gasteiger partial charge on any atom is -0.482 e. The van der Waals surface area contributed by atoms with Crippen molar-refractivity contribution >= 4 is 28.5 Å². The molecule has 0 aliphatic carbocycles. The lowest BCUT2D eigenvalue weighted by Crippen LogP contribution is -2.15. The summed E-state index contributed by atoms with van der Waals surface area (Å²) < 4.78 is 10.2. The van der Waals surface area contributed by atoms with Gasteiger partial charge < -0.3 is 19.8 Å². The molecular formula is C21H22N2O4. The van der Waals surface area contributed by atoms with Crippen LogP contribution in [0.2, 0.25) is 0 Å². The number of carbonyl (C=O) groups is 2. The molecule has 6 heteroatoms. The summed E-state index contributed by atoms with van der Waals surface area (Å²) in [5, 5.41) is 4.00. The lowest BCUT2D eigenvalue weighted by Gasteiger charge is -2.09. The van der Waals surface area contributed by atoms with E-state index >= 15 is 0 Å². The molecule has 0 fully saturated rings. The number of rotatable bonds is 8. The van der Waals surface area contributed by atoms with Gasteiger partial charge in [-0.3, -0.25) is 4.79 Å². The Labute approximate surface area is 157 Å². The maximum Gasteiger partial charge on any atom is 0.344 e. The van der Waals surface area contributed by atoms with E-state index in [0.717, 1.165) is 16.5 Å². The highest BCUT2D eigenvalue weighted by Crippen LogP contribution is 2.20. The molecule has 0 radical (unpaired) electrons. The first-order valence-corrected chi connectivity index (χ1v) is 8.89. The van der Waals surface area contributed by atoms with Crippen LogP contribution in [0, 0.1) is 0 Å². The van der Waals surface area contributed by atoms with Crippen LogP contribution >= 0.6 is 0 Å². The summed E-state index contributed by atoms with van der Waals surface area (Å²) in [4.78, 5) is 26.8. The average molecular weight is 366 g/mol. The van der Waals surface area contributed by atoms with Gasteiger partial charge in [-0.05, 0) is 37.1 Å². The number of hydrogen-bond donors (Lipinski definition) is 2. The van der Waals surface area contributed by atoms with Gasteiger partial charge in [-0.2, -0.15) is 0 Å². The van der Waals surface area contributed by atoms with Crippen molar-refractivity contribution < 1.29 is 19.1 Å². The van der Waals surface area contributed by atoms with Crippen molar-refractivity contribution in [2.24, 2.45) is 0 Å². The molecule has 6 nitrogen and oxygen atoms in total. The number of anilines is 1. The molecule has 27 heavy (non-hydrogen) atoms. The first-order valence-electron chi connectivity index (χ1n) is 8.89. The van der Waals surface area contributed by atoms with Crippen LogP contribution in [0.3, 0.4) is 0 Å². The lowest BCUT2D eigenvalue weighted by molar-refractivity contribution is -0.145. The SMILES string of the molecule is CCOC(=O)COc1cccc(NC(=O)CCc2c[nH]c3ccccc23)c1. The van der Waals surface area contributed by atoms with Crippen molar-refractivity contribution in [1.29, 1.82) is 0 Å². The Hall–Kier alpha value is -3.28. The molecule has 0 saturated heterocycles. The Morgan fingerprint density at radius 1 is 1.11 bits per heavy atom. The summed E-state index contributed by atoms with van der Waals surface area (Å²) in [6.07, 6.45) is 2.96. The fourth-order valence-corrected chi connectivity index (χ4v) is 2.82. The van der Waals surface area contributed by atoms with Crippen LogP contribution in [-0.4, -0.2) is 30.1 Å². The van der Waals surface area contributed by atoms with Gasteiger partial charge in [0.2, 0.25) is 5.91 Å². The zero-order chi connectivity index (χ0) is 19.1. The molecule has 0 unspecified atom stereocenters. The zero-order valence-corrected chi connectivity index (χ0v) is 15.2. The molecule has 0 spiro atoms. The summed E-state index contributed by atoms with van der Waals surface area (Å²) in [7, 11) is 0. The number of fused-ring (bicyclic) bond motifs is 1. The number of benzene rings is 2. The van der Waals surface area contributed by atoms with E-state index in [2.05, 4.69) is 10.3 Å². The minimum atomic E-state index is -0.425. The van der Waals surface area contributed by atoms with E-state index in [9.17, 15) is 9.59 Å². The Balaban J connectivity index is 1.53. The third kappa shape index (κ3) is 5.10. The third-order valence-corrected chi connectivity index (χ3v) is 4.08. The number of hydrogen-bond acceptors (Lipinski definition) is 4. The third-order valence-electron chi connectivity index (χ3n) is 4.08. The van der Waals surface area contributed by atoms with Crippen molar-refractivity contribution in [3.05, 3.63) is 60.3 Å². The van der Waals surface area contributed by atoms with E-state index in [1.807, 2.05) is 30.5 Å². The second kappa shape index (κ2) is 8.89. The van der Waals surface area contributed by atoms with Gasteiger partial charge in [-0.1, -0.05) is 24.3 Å². The van der Waals surface area contributed by atoms with Crippen LogP contribution in [0.15, 0.2) is 54.7 Å². The van der Waals surface area contributed by atoms with Gasteiger partial charge in [-0.25, -0.2) is 4.79 Å². The minimum absolute atomic E-state index is 0.0807. The molecule has 1 aromatic heterocycles. The summed E-state index contributed by atoms with van der Waals surface area (Å²) >= 11 is 0. The van der Waals surface area contributed by atoms with Crippen molar-refractivity contribution in [3.8, 4) is 5.75 Å². The van der Waals surface area contributed by atoms with Crippen molar-refractivity contribution in [1.82, 2.24) is 4.98 Å². The smallest absolute Gasteiger partial charge is 0.344 e. The first kappa shape index (κ1) is 18.5. The highest BCUT2D eigenvalue weighted by Gasteiger charge is 2.08. The van der Waals surface area contributed by atoms with Gasteiger partial charge in [0.1, 0.15) is 5.75 Å². The largest absolute Gasteiger partial charge is 0.482 e. The van der Waals surface area contributed by atoms with E-state index in [-0.39, 0.29) is 12.5 Å². The number of carbonyl (C=O) groups excluding carboxylic acids is 2. The van der Waals surface area contributed by atoms with Crippen molar-refractivity contribution in [2.75, 3.05) is 18.5 Å². The highest BCUT2D eigenvalue weighted by molar-refractivity contribution is 5.91. The molecule has 1 amide bonds. The van der Waals surface area contributed by atoms with Gasteiger partial charge >= 0.3 is 5.97 Å². The summed E-state index contributed by atoms with van der Waals surface area (Å²) in [6.45, 7) is 1.89. The fourth-order valence-electron chi connectivity index (χ4n) is 2.82. The van der Waals surface area contributed by atoms with Gasteiger partial charge in [0.15, 0.2) is 6.61 Å². The predicted molar refractivity (Wildman–Crippen MR) is 104 cm³/mol. The van der Waals surface area contributed by atoms with Crippen LogP contribution in [0.25, 0.3) is 10.9 Å². The molecule has 1 heterocycles. The second-order valence-electron chi connectivity index (χ2n) is 6.03. The summed E-state index contributed by atoms with van der Waals surface area (Å²) in [5.74, 6) is -0.00836. The van der Waals surface area contributed by atoms with Crippen LogP contribution in [0.1, 0.15) is 18.9 Å². The number of H-pyrrole nitrogens is 1. The van der Waals surface area contributed by atoms with E-state index in [4.69, 9.17) is 9.47 Å². The molecule has 0 atom stereocenters. The van der Waals surface area contributed by atoms with Gasteiger partial charge in [0.25, 0.3) is 0 Å². The molecule has 3 aromatic rings. The number of aromatic nitrogens is 1. The van der Waals surface area contributed by atoms with E-state index in [1.165, 1.54) is 0 Å². The molecule has 0 aliphatic rings. The lowest BCUT2D eigenvalue weighted by atomic mass is 10.1. The number of aryl methyl sites for hydroxylation is 1. The van der Waals surface area contributed by atoms with Crippen LogP contribution in [0.5, 0.6) is 5.75 Å². The van der Waals surface area contributed by atoms with E-state index < -0.39 is 5.97 Å². The number of nitrogens with one attached hydrogen (secondary N) is 2. The molecule has 0 saturated carbocycles. The zero-order valence-electron chi connectivity index (χ0n) is 15.2. The Morgan fingerprint density at radius 2 is 1.96 bits per heavy atom. The fraction of sp³-hybridized carbons (Fsp3) is 0.238. The number of amides is 1. The molecule has 0 aliphatic heterocycles. The monoisotopic (exact) mass is 366 g/mol. The second-order valence-corrected chi connectivity index (χ2v) is 6.03. The molecule has 140 valence electrons. The van der Waals surface area contributed by atoms with E-state index in [0.29, 0.717) is 30.9 Å². The Kier molecular flexibility index (Phi) is 6.10. The molecule has 2 N–H and O–H groups in total. The average Bonchev–Trinajstić information content (AvgIpc) is 3.08. The predicted octanol–water partition coefficient (Wildman–Crippen LogP) is 3.68. The molecule has 3 rings (SSSR count). The maximum atomic E-state index is 12.3. The molecule has 0 bridgehead atoms. The van der Waals surface area contributed by atoms with Crippen molar-refractivity contribution in [3.63, 3.8) is 0 Å². The highest BCUT2D eigenvalue weighted by atomic mass is 16.6. The summed E-state index contributed by atoms with van der Waals surface area (Å²) in [5.41, 5.74) is 2.81. The molecular weight excluding hydrogens is 344 g/mol. The first-order chi connectivity index (χ1) is 13.2.